The van der Waals surface area contributed by atoms with E-state index in [2.05, 4.69) is 59.0 Å². The number of anilines is 1. The molecule has 0 saturated heterocycles. The summed E-state index contributed by atoms with van der Waals surface area (Å²) in [5, 5.41) is 2.84. The summed E-state index contributed by atoms with van der Waals surface area (Å²) in [6, 6.07) is 22.2. The van der Waals surface area contributed by atoms with Gasteiger partial charge in [0.25, 0.3) is 5.56 Å². The number of rotatable bonds is 4. The van der Waals surface area contributed by atoms with Gasteiger partial charge in [-0.3, -0.25) is 9.36 Å². The third kappa shape index (κ3) is 6.79. The first-order valence-electron chi connectivity index (χ1n) is 13.6. The fourth-order valence-corrected chi connectivity index (χ4v) is 7.92. The standard InChI is InChI=1S/C25H23ClN3OS2.C7H8O3S.CH4/c1-4-28-13-12-16(18-8-6-7-9-19(18)28)14-22-29(5-2)24(30)23(32-22)25-27(3)20-15-17(26)10-11-21(20)31-25;1-6-2-4-7(5-3-6)11(8,9)10;/h6-15H,4-5H2,1-3H3;2-5H,1H3,(H,8,9,10);1H4/q+1;;/p-1/b25-23-;;. The predicted octanol–water partition coefficient (Wildman–Crippen LogP) is 5.72. The highest BCUT2D eigenvalue weighted by molar-refractivity contribution is 8.08. The number of aryl methyl sites for hydroxylation is 2. The van der Waals surface area contributed by atoms with Gasteiger partial charge in [0.2, 0.25) is 5.52 Å². The van der Waals surface area contributed by atoms with Crippen molar-refractivity contribution in [1.82, 2.24) is 4.57 Å². The highest BCUT2D eigenvalue weighted by atomic mass is 35.5. The summed E-state index contributed by atoms with van der Waals surface area (Å²) >= 11 is 9.40. The van der Waals surface area contributed by atoms with E-state index in [0.717, 1.165) is 42.5 Å². The summed E-state index contributed by atoms with van der Waals surface area (Å²) in [5.41, 5.74) is 4.34. The highest BCUT2D eigenvalue weighted by Gasteiger charge is 2.25. The molecule has 7 nitrogen and oxygen atoms in total. The van der Waals surface area contributed by atoms with Crippen LogP contribution in [0.2, 0.25) is 5.02 Å². The van der Waals surface area contributed by atoms with Gasteiger partial charge in [0.1, 0.15) is 26.2 Å². The number of aromatic nitrogens is 2. The Morgan fingerprint density at radius 2 is 1.73 bits per heavy atom. The Balaban J connectivity index is 0.000000313. The molecule has 0 amide bonds. The summed E-state index contributed by atoms with van der Waals surface area (Å²) in [6.45, 7) is 7.53. The number of fused-ring (bicyclic) bond motifs is 2. The zero-order valence-corrected chi connectivity index (χ0v) is 27.3. The number of halogens is 1. The van der Waals surface area contributed by atoms with Gasteiger partial charge in [0.15, 0.2) is 6.20 Å². The van der Waals surface area contributed by atoms with Gasteiger partial charge in [-0.2, -0.15) is 4.57 Å². The van der Waals surface area contributed by atoms with Crippen LogP contribution in [-0.2, 0) is 23.2 Å². The molecule has 11 heteroatoms. The van der Waals surface area contributed by atoms with Crippen LogP contribution in [0.5, 0.6) is 0 Å². The van der Waals surface area contributed by atoms with Crippen LogP contribution in [0, 0.1) is 6.92 Å². The minimum atomic E-state index is -4.27. The van der Waals surface area contributed by atoms with Crippen molar-refractivity contribution in [1.29, 1.82) is 0 Å². The van der Waals surface area contributed by atoms with E-state index in [1.54, 1.807) is 35.2 Å². The Labute approximate surface area is 271 Å². The lowest BCUT2D eigenvalue weighted by Crippen LogP contribution is -2.33. The molecule has 0 saturated carbocycles. The van der Waals surface area contributed by atoms with Gasteiger partial charge in [-0.05, 0) is 68.8 Å². The molecule has 0 atom stereocenters. The number of benzene rings is 3. The lowest BCUT2D eigenvalue weighted by atomic mass is 10.1. The van der Waals surface area contributed by atoms with Gasteiger partial charge < -0.3 is 9.45 Å². The van der Waals surface area contributed by atoms with Crippen LogP contribution >= 0.6 is 34.7 Å². The molecule has 0 unspecified atom stereocenters. The van der Waals surface area contributed by atoms with Crippen molar-refractivity contribution in [3.05, 3.63) is 115 Å². The monoisotopic (exact) mass is 667 g/mol. The SMILES string of the molecule is C.CCn1c(=Cc2cc[n+](CC)c3ccccc23)s/c(=C2\Sc3ccc(Cl)cc3N2C)c1=O.Cc1ccc(S(=O)(=O)[O-])cc1. The number of hydrogen-bond donors (Lipinski definition) is 0. The largest absolute Gasteiger partial charge is 0.744 e. The Bertz CT molecular complexity index is 2120. The Hall–Kier alpha value is -3.41. The molecule has 5 aromatic rings. The average molecular weight is 668 g/mol. The molecule has 230 valence electrons. The lowest BCUT2D eigenvalue weighted by molar-refractivity contribution is -0.667. The molecule has 3 heterocycles. The Kier molecular flexibility index (Phi) is 10.4. The van der Waals surface area contributed by atoms with Crippen molar-refractivity contribution >= 4 is 72.5 Å². The van der Waals surface area contributed by atoms with Crippen molar-refractivity contribution < 1.29 is 17.5 Å². The molecule has 6 rings (SSSR count). The maximum Gasteiger partial charge on any atom is 0.271 e. The van der Waals surface area contributed by atoms with Crippen molar-refractivity contribution in [2.75, 3.05) is 11.9 Å². The van der Waals surface area contributed by atoms with E-state index in [1.807, 2.05) is 43.7 Å². The summed E-state index contributed by atoms with van der Waals surface area (Å²) in [7, 11) is -2.27. The molecule has 0 spiro atoms. The van der Waals surface area contributed by atoms with Crippen LogP contribution in [0.3, 0.4) is 0 Å². The molecular weight excluding hydrogens is 634 g/mol. The lowest BCUT2D eigenvalue weighted by Gasteiger charge is -2.12. The van der Waals surface area contributed by atoms with E-state index < -0.39 is 10.1 Å². The highest BCUT2D eigenvalue weighted by Crippen LogP contribution is 2.46. The normalized spacial score (nSPS) is 14.2. The molecular formula is C33H34ClN3O4S3. The topological polar surface area (TPSA) is 86.3 Å². The van der Waals surface area contributed by atoms with Gasteiger partial charge in [0, 0.05) is 35.6 Å². The fourth-order valence-electron chi connectivity index (χ4n) is 4.84. The van der Waals surface area contributed by atoms with Gasteiger partial charge in [0.05, 0.1) is 20.6 Å². The zero-order valence-electron chi connectivity index (χ0n) is 24.1. The van der Waals surface area contributed by atoms with Crippen molar-refractivity contribution in [2.45, 2.75) is 51.1 Å². The van der Waals surface area contributed by atoms with E-state index >= 15 is 0 Å². The molecule has 2 aromatic heterocycles. The van der Waals surface area contributed by atoms with Gasteiger partial charge in [-0.15, -0.1) is 11.3 Å². The first kappa shape index (κ1) is 33.5. The van der Waals surface area contributed by atoms with Gasteiger partial charge in [-0.1, -0.05) is 60.6 Å². The second kappa shape index (κ2) is 13.7. The zero-order chi connectivity index (χ0) is 30.9. The predicted molar refractivity (Wildman–Crippen MR) is 182 cm³/mol. The number of thioether (sulfide) groups is 1. The maximum atomic E-state index is 13.4. The van der Waals surface area contributed by atoms with Crippen LogP contribution in [-0.4, -0.2) is 24.6 Å². The second-order valence-corrected chi connectivity index (χ2v) is 13.8. The van der Waals surface area contributed by atoms with Crippen LogP contribution in [0.1, 0.15) is 32.4 Å². The molecule has 1 aliphatic heterocycles. The van der Waals surface area contributed by atoms with E-state index in [4.69, 9.17) is 11.6 Å². The maximum absolute atomic E-state index is 13.4. The summed E-state index contributed by atoms with van der Waals surface area (Å²) in [6.07, 6.45) is 4.26. The third-order valence-electron chi connectivity index (χ3n) is 7.10. The summed E-state index contributed by atoms with van der Waals surface area (Å²) in [4.78, 5) is 16.4. The number of pyridine rings is 1. The molecule has 0 radical (unpaired) electrons. The van der Waals surface area contributed by atoms with E-state index in [-0.39, 0.29) is 17.9 Å². The number of thiazole rings is 1. The van der Waals surface area contributed by atoms with Crippen LogP contribution in [0.4, 0.5) is 5.69 Å². The van der Waals surface area contributed by atoms with Crippen LogP contribution in [0.25, 0.3) is 22.0 Å². The quantitative estimate of drug-likeness (QED) is 0.180. The molecule has 3 aromatic carbocycles. The van der Waals surface area contributed by atoms with Gasteiger partial charge >= 0.3 is 0 Å². The number of para-hydroxylation sites is 1. The number of hydrogen-bond acceptors (Lipinski definition) is 7. The van der Waals surface area contributed by atoms with E-state index in [0.29, 0.717) is 11.6 Å². The van der Waals surface area contributed by atoms with Crippen LogP contribution in [0.15, 0.2) is 93.6 Å². The first-order valence-corrected chi connectivity index (χ1v) is 17.0. The molecule has 0 N–H and O–H groups in total. The molecule has 0 aliphatic carbocycles. The van der Waals surface area contributed by atoms with E-state index in [1.165, 1.54) is 23.0 Å². The summed E-state index contributed by atoms with van der Waals surface area (Å²) in [5.74, 6) is 0. The second-order valence-electron chi connectivity index (χ2n) is 9.88. The Morgan fingerprint density at radius 3 is 2.39 bits per heavy atom. The molecule has 0 bridgehead atoms. The van der Waals surface area contributed by atoms with Crippen molar-refractivity contribution in [3.63, 3.8) is 0 Å². The number of nitrogens with zero attached hydrogens (tertiary/aromatic N) is 3. The van der Waals surface area contributed by atoms with Crippen molar-refractivity contribution in [3.8, 4) is 0 Å². The van der Waals surface area contributed by atoms with E-state index in [9.17, 15) is 17.8 Å². The van der Waals surface area contributed by atoms with Crippen LogP contribution < -0.4 is 24.2 Å². The minimum absolute atomic E-state index is 0. The van der Waals surface area contributed by atoms with Gasteiger partial charge in [-0.25, -0.2) is 8.42 Å². The smallest absolute Gasteiger partial charge is 0.271 e. The summed E-state index contributed by atoms with van der Waals surface area (Å²) < 4.78 is 37.0. The molecule has 0 fully saturated rings. The Morgan fingerprint density at radius 1 is 1.02 bits per heavy atom. The third-order valence-corrected chi connectivity index (χ3v) is 10.7. The molecule has 44 heavy (non-hydrogen) atoms. The minimum Gasteiger partial charge on any atom is -0.744 e. The first-order chi connectivity index (χ1) is 20.5. The molecule has 1 aliphatic rings. The van der Waals surface area contributed by atoms with Crippen molar-refractivity contribution in [2.24, 2.45) is 0 Å². The fraction of sp³-hybridized carbons (Fsp3) is 0.212. The average Bonchev–Trinajstić information content (AvgIpc) is 3.47.